The summed E-state index contributed by atoms with van der Waals surface area (Å²) < 4.78 is 5.70. The maximum Gasteiger partial charge on any atom is 0.255 e. The highest BCUT2D eigenvalue weighted by molar-refractivity contribution is 6.37. The maximum absolute atomic E-state index is 13.1. The first-order chi connectivity index (χ1) is 12.4. The highest BCUT2D eigenvalue weighted by Gasteiger charge is 2.25. The molecular formula is C19H17Cl4NO2. The van der Waals surface area contributed by atoms with Crippen LogP contribution < -0.4 is 0 Å². The predicted molar refractivity (Wildman–Crippen MR) is 107 cm³/mol. The summed E-state index contributed by atoms with van der Waals surface area (Å²) in [6.07, 6.45) is 1.93. The van der Waals surface area contributed by atoms with Gasteiger partial charge in [-0.25, -0.2) is 0 Å². The Hall–Kier alpha value is -0.970. The van der Waals surface area contributed by atoms with Crippen LogP contribution in [0.4, 0.5) is 0 Å². The summed E-state index contributed by atoms with van der Waals surface area (Å²) >= 11 is 24.4. The molecule has 1 heterocycles. The van der Waals surface area contributed by atoms with Gasteiger partial charge >= 0.3 is 0 Å². The van der Waals surface area contributed by atoms with Crippen LogP contribution in [0.25, 0.3) is 0 Å². The van der Waals surface area contributed by atoms with E-state index in [4.69, 9.17) is 51.1 Å². The lowest BCUT2D eigenvalue weighted by atomic mass is 10.1. The van der Waals surface area contributed by atoms with Gasteiger partial charge in [-0.05, 0) is 48.7 Å². The smallest absolute Gasteiger partial charge is 0.255 e. The summed E-state index contributed by atoms with van der Waals surface area (Å²) in [7, 11) is 0. The number of amides is 1. The molecule has 0 N–H and O–H groups in total. The fourth-order valence-corrected chi connectivity index (χ4v) is 3.90. The molecule has 3 nitrogen and oxygen atoms in total. The highest BCUT2D eigenvalue weighted by Crippen LogP contribution is 2.27. The number of rotatable bonds is 5. The Morgan fingerprint density at radius 3 is 2.35 bits per heavy atom. The lowest BCUT2D eigenvalue weighted by Gasteiger charge is -2.26. The number of hydrogen-bond donors (Lipinski definition) is 0. The number of halogens is 4. The molecule has 1 saturated heterocycles. The molecule has 0 aliphatic carbocycles. The van der Waals surface area contributed by atoms with E-state index in [0.29, 0.717) is 38.7 Å². The minimum atomic E-state index is -0.187. The number of nitrogens with zero attached hydrogens (tertiary/aromatic N) is 1. The highest BCUT2D eigenvalue weighted by atomic mass is 35.5. The molecule has 26 heavy (non-hydrogen) atoms. The summed E-state index contributed by atoms with van der Waals surface area (Å²) in [5.74, 6) is -0.187. The second kappa shape index (κ2) is 8.81. The molecule has 7 heteroatoms. The molecule has 1 amide bonds. The van der Waals surface area contributed by atoms with Gasteiger partial charge in [-0.3, -0.25) is 4.79 Å². The number of carbonyl (C=O) groups excluding carboxylic acids is 1. The van der Waals surface area contributed by atoms with E-state index < -0.39 is 0 Å². The van der Waals surface area contributed by atoms with Crippen LogP contribution >= 0.6 is 46.4 Å². The van der Waals surface area contributed by atoms with Crippen LogP contribution in [-0.2, 0) is 11.3 Å². The van der Waals surface area contributed by atoms with Gasteiger partial charge in [0, 0.05) is 34.8 Å². The van der Waals surface area contributed by atoms with Gasteiger partial charge in [-0.2, -0.15) is 0 Å². The first kappa shape index (κ1) is 19.8. The molecule has 0 bridgehead atoms. The van der Waals surface area contributed by atoms with Crippen molar-refractivity contribution in [3.8, 4) is 0 Å². The maximum atomic E-state index is 13.1. The molecule has 138 valence electrons. The van der Waals surface area contributed by atoms with Crippen LogP contribution in [0.15, 0.2) is 36.4 Å². The first-order valence-electron chi connectivity index (χ1n) is 8.24. The van der Waals surface area contributed by atoms with Crippen molar-refractivity contribution in [1.82, 2.24) is 4.90 Å². The van der Waals surface area contributed by atoms with Gasteiger partial charge in [0.1, 0.15) is 0 Å². The molecule has 0 spiro atoms. The van der Waals surface area contributed by atoms with Gasteiger partial charge in [0.2, 0.25) is 0 Å². The molecule has 1 atom stereocenters. The van der Waals surface area contributed by atoms with E-state index in [0.717, 1.165) is 25.0 Å². The second-order valence-corrected chi connectivity index (χ2v) is 7.87. The van der Waals surface area contributed by atoms with Crippen molar-refractivity contribution < 1.29 is 9.53 Å². The van der Waals surface area contributed by atoms with Gasteiger partial charge in [-0.15, -0.1) is 0 Å². The van der Waals surface area contributed by atoms with Gasteiger partial charge in [0.25, 0.3) is 5.91 Å². The summed E-state index contributed by atoms with van der Waals surface area (Å²) in [6.45, 7) is 1.53. The predicted octanol–water partition coefficient (Wildman–Crippen LogP) is 6.12. The number of carbonyl (C=O) groups is 1. The lowest BCUT2D eigenvalue weighted by Crippen LogP contribution is -2.37. The van der Waals surface area contributed by atoms with Crippen molar-refractivity contribution in [1.29, 1.82) is 0 Å². The molecule has 2 aromatic rings. The van der Waals surface area contributed by atoms with Crippen LogP contribution in [0.3, 0.4) is 0 Å². The molecule has 1 fully saturated rings. The molecule has 2 aromatic carbocycles. The van der Waals surface area contributed by atoms with Crippen LogP contribution in [0, 0.1) is 0 Å². The van der Waals surface area contributed by atoms with Crippen molar-refractivity contribution in [3.63, 3.8) is 0 Å². The van der Waals surface area contributed by atoms with E-state index in [9.17, 15) is 4.79 Å². The Balaban J connectivity index is 1.87. The van der Waals surface area contributed by atoms with Crippen molar-refractivity contribution in [2.75, 3.05) is 13.2 Å². The third kappa shape index (κ3) is 4.85. The first-order valence-corrected chi connectivity index (χ1v) is 9.75. The standard InChI is InChI=1S/C19H17Cl4NO2/c20-13-4-3-12(17(22)8-13)10-24(11-15-2-1-7-26-15)19(25)16-6-5-14(21)9-18(16)23/h3-6,8-9,15H,1-2,7,10-11H2/t15-/m1/s1. The normalized spacial score (nSPS) is 16.7. The largest absolute Gasteiger partial charge is 0.376 e. The lowest BCUT2D eigenvalue weighted by molar-refractivity contribution is 0.0507. The molecular weight excluding hydrogens is 416 g/mol. The summed E-state index contributed by atoms with van der Waals surface area (Å²) in [5, 5.41) is 1.88. The van der Waals surface area contributed by atoms with Crippen LogP contribution in [-0.4, -0.2) is 30.1 Å². The topological polar surface area (TPSA) is 29.5 Å². The van der Waals surface area contributed by atoms with Gasteiger partial charge in [0.15, 0.2) is 0 Å². The Kier molecular flexibility index (Phi) is 6.70. The quantitative estimate of drug-likeness (QED) is 0.569. The zero-order valence-electron chi connectivity index (χ0n) is 13.9. The summed E-state index contributed by atoms with van der Waals surface area (Å²) in [4.78, 5) is 14.8. The van der Waals surface area contributed by atoms with Crippen LogP contribution in [0.2, 0.25) is 20.1 Å². The van der Waals surface area contributed by atoms with E-state index >= 15 is 0 Å². The zero-order valence-corrected chi connectivity index (χ0v) is 16.9. The molecule has 0 aromatic heterocycles. The van der Waals surface area contributed by atoms with E-state index in [-0.39, 0.29) is 12.0 Å². The SMILES string of the molecule is O=C(c1ccc(Cl)cc1Cl)N(Cc1ccc(Cl)cc1Cl)C[C@H]1CCCO1. The molecule has 1 aliphatic rings. The Labute approximate surface area is 172 Å². The van der Waals surface area contributed by atoms with E-state index in [2.05, 4.69) is 0 Å². The molecule has 1 aliphatic heterocycles. The van der Waals surface area contributed by atoms with E-state index in [1.54, 1.807) is 35.2 Å². The molecule has 0 unspecified atom stereocenters. The van der Waals surface area contributed by atoms with Crippen LogP contribution in [0.1, 0.15) is 28.8 Å². The average molecular weight is 433 g/mol. The molecule has 0 radical (unpaired) electrons. The molecule has 0 saturated carbocycles. The van der Waals surface area contributed by atoms with Crippen molar-refractivity contribution >= 4 is 52.3 Å². The second-order valence-electron chi connectivity index (χ2n) is 6.18. The van der Waals surface area contributed by atoms with Gasteiger partial charge in [0.05, 0.1) is 16.7 Å². The van der Waals surface area contributed by atoms with E-state index in [1.807, 2.05) is 6.07 Å². The Morgan fingerprint density at radius 2 is 1.73 bits per heavy atom. The van der Waals surface area contributed by atoms with Gasteiger partial charge in [-0.1, -0.05) is 52.5 Å². The average Bonchev–Trinajstić information content (AvgIpc) is 3.09. The summed E-state index contributed by atoms with van der Waals surface area (Å²) in [5.41, 5.74) is 1.21. The van der Waals surface area contributed by atoms with Crippen LogP contribution in [0.5, 0.6) is 0 Å². The third-order valence-electron chi connectivity index (χ3n) is 4.27. The third-order valence-corrected chi connectivity index (χ3v) is 5.41. The fourth-order valence-electron chi connectivity index (χ4n) is 2.94. The number of benzene rings is 2. The zero-order chi connectivity index (χ0) is 18.7. The summed E-state index contributed by atoms with van der Waals surface area (Å²) in [6, 6.07) is 10.1. The number of hydrogen-bond acceptors (Lipinski definition) is 2. The van der Waals surface area contributed by atoms with Crippen molar-refractivity contribution in [2.24, 2.45) is 0 Å². The number of ether oxygens (including phenoxy) is 1. The Morgan fingerprint density at radius 1 is 1.04 bits per heavy atom. The minimum Gasteiger partial charge on any atom is -0.376 e. The molecule has 3 rings (SSSR count). The van der Waals surface area contributed by atoms with E-state index in [1.165, 1.54) is 0 Å². The van der Waals surface area contributed by atoms with Crippen molar-refractivity contribution in [3.05, 3.63) is 67.6 Å². The van der Waals surface area contributed by atoms with Gasteiger partial charge < -0.3 is 9.64 Å². The van der Waals surface area contributed by atoms with Crippen molar-refractivity contribution in [2.45, 2.75) is 25.5 Å². The minimum absolute atomic E-state index is 0.0103. The fraction of sp³-hybridized carbons (Fsp3) is 0.316. The Bertz CT molecular complexity index is 806. The monoisotopic (exact) mass is 431 g/mol.